The molecule has 27 heavy (non-hydrogen) atoms. The number of carbonyl (C=O) groups is 3. The fourth-order valence-corrected chi connectivity index (χ4v) is 2.88. The Morgan fingerprint density at radius 1 is 1.15 bits per heavy atom. The van der Waals surface area contributed by atoms with E-state index in [1.807, 2.05) is 0 Å². The summed E-state index contributed by atoms with van der Waals surface area (Å²) in [5.41, 5.74) is 1.65. The van der Waals surface area contributed by atoms with Crippen molar-refractivity contribution < 1.29 is 23.5 Å². The quantitative estimate of drug-likeness (QED) is 0.761. The zero-order chi connectivity index (χ0) is 19.4. The van der Waals surface area contributed by atoms with E-state index < -0.39 is 35.8 Å². The highest BCUT2D eigenvalue weighted by molar-refractivity contribution is 6.08. The summed E-state index contributed by atoms with van der Waals surface area (Å²) < 4.78 is 18.1. The number of imide groups is 1. The monoisotopic (exact) mass is 371 g/mol. The molecule has 3 rings (SSSR count). The molecule has 140 valence electrons. The highest BCUT2D eigenvalue weighted by atomic mass is 19.1. The third-order valence-electron chi connectivity index (χ3n) is 4.31. The second kappa shape index (κ2) is 7.45. The molecular weight excluding hydrogens is 353 g/mol. The van der Waals surface area contributed by atoms with Crippen LogP contribution in [0.2, 0.25) is 0 Å². The molecule has 1 heterocycles. The van der Waals surface area contributed by atoms with E-state index in [9.17, 15) is 18.8 Å². The first-order valence-electron chi connectivity index (χ1n) is 8.36. The summed E-state index contributed by atoms with van der Waals surface area (Å²) in [6, 6.07) is 13.2. The molecule has 0 aromatic heterocycles. The lowest BCUT2D eigenvalue weighted by atomic mass is 9.87. The van der Waals surface area contributed by atoms with Gasteiger partial charge in [-0.15, -0.1) is 0 Å². The number of hydrogen-bond acceptors (Lipinski definition) is 4. The van der Waals surface area contributed by atoms with Crippen LogP contribution in [-0.2, 0) is 15.1 Å². The number of carbonyl (C=O) groups excluding carboxylic acids is 3. The van der Waals surface area contributed by atoms with Crippen LogP contribution < -0.4 is 15.5 Å². The summed E-state index contributed by atoms with van der Waals surface area (Å²) >= 11 is 0. The smallest absolute Gasteiger partial charge is 0.344 e. The summed E-state index contributed by atoms with van der Waals surface area (Å²) in [5.74, 6) is -1.40. The van der Waals surface area contributed by atoms with Crippen LogP contribution >= 0.6 is 0 Å². The molecule has 1 aliphatic rings. The molecule has 2 N–H and O–H groups in total. The maximum atomic E-state index is 12.9. The maximum Gasteiger partial charge on any atom is 0.344 e. The van der Waals surface area contributed by atoms with Crippen LogP contribution in [0.4, 0.5) is 9.18 Å². The Bertz CT molecular complexity index is 857. The van der Waals surface area contributed by atoms with Crippen molar-refractivity contribution in [1.29, 1.82) is 0 Å². The second-order valence-corrected chi connectivity index (χ2v) is 5.97. The van der Waals surface area contributed by atoms with Gasteiger partial charge in [-0.2, -0.15) is 5.01 Å². The van der Waals surface area contributed by atoms with Gasteiger partial charge in [-0.1, -0.05) is 37.3 Å². The van der Waals surface area contributed by atoms with Crippen LogP contribution in [0.5, 0.6) is 5.75 Å². The molecule has 1 fully saturated rings. The van der Waals surface area contributed by atoms with E-state index in [1.165, 1.54) is 24.3 Å². The number of hydrogen-bond donors (Lipinski definition) is 2. The van der Waals surface area contributed by atoms with Crippen LogP contribution in [0.25, 0.3) is 0 Å². The Morgan fingerprint density at radius 2 is 1.81 bits per heavy atom. The van der Waals surface area contributed by atoms with E-state index in [0.29, 0.717) is 17.0 Å². The van der Waals surface area contributed by atoms with Gasteiger partial charge in [0.2, 0.25) is 0 Å². The van der Waals surface area contributed by atoms with E-state index in [4.69, 9.17) is 4.74 Å². The molecule has 1 atom stereocenters. The maximum absolute atomic E-state index is 12.9. The van der Waals surface area contributed by atoms with Crippen LogP contribution in [-0.4, -0.2) is 29.5 Å². The van der Waals surface area contributed by atoms with Crippen molar-refractivity contribution in [2.24, 2.45) is 0 Å². The molecule has 1 saturated heterocycles. The number of halogens is 1. The molecule has 0 unspecified atom stereocenters. The van der Waals surface area contributed by atoms with Gasteiger partial charge in [0, 0.05) is 0 Å². The molecule has 2 aromatic carbocycles. The number of ether oxygens (including phenoxy) is 1. The molecule has 1 aliphatic heterocycles. The standard InChI is InChI=1S/C19H18FN3O4/c1-2-19(13-6-4-3-5-7-13)17(25)23(18(26)21-19)22-16(24)12-27-15-10-8-14(20)9-11-15/h3-11H,2,12H2,1H3,(H,21,26)(H,22,24)/t19-/m1/s1. The van der Waals surface area contributed by atoms with Gasteiger partial charge in [-0.05, 0) is 36.2 Å². The van der Waals surface area contributed by atoms with Gasteiger partial charge in [-0.3, -0.25) is 15.0 Å². The highest BCUT2D eigenvalue weighted by Gasteiger charge is 2.52. The van der Waals surface area contributed by atoms with Crippen LogP contribution in [0.1, 0.15) is 18.9 Å². The van der Waals surface area contributed by atoms with Crippen molar-refractivity contribution in [1.82, 2.24) is 15.8 Å². The lowest BCUT2D eigenvalue weighted by Crippen LogP contribution is -2.49. The number of nitrogens with one attached hydrogen (secondary N) is 2. The zero-order valence-corrected chi connectivity index (χ0v) is 14.6. The third-order valence-corrected chi connectivity index (χ3v) is 4.31. The topological polar surface area (TPSA) is 87.7 Å². The molecule has 0 radical (unpaired) electrons. The summed E-state index contributed by atoms with van der Waals surface area (Å²) in [6.07, 6.45) is 0.319. The van der Waals surface area contributed by atoms with E-state index in [1.54, 1.807) is 37.3 Å². The van der Waals surface area contributed by atoms with Crippen LogP contribution in [0.3, 0.4) is 0 Å². The Hall–Kier alpha value is -3.42. The number of rotatable bonds is 6. The molecular formula is C19H18FN3O4. The number of amides is 4. The highest BCUT2D eigenvalue weighted by Crippen LogP contribution is 2.31. The largest absolute Gasteiger partial charge is 0.484 e. The summed E-state index contributed by atoms with van der Waals surface area (Å²) in [7, 11) is 0. The predicted molar refractivity (Wildman–Crippen MR) is 93.8 cm³/mol. The fraction of sp³-hybridized carbons (Fsp3) is 0.211. The normalized spacial score (nSPS) is 19.0. The molecule has 0 bridgehead atoms. The Morgan fingerprint density at radius 3 is 2.44 bits per heavy atom. The number of urea groups is 1. The predicted octanol–water partition coefficient (Wildman–Crippen LogP) is 2.09. The first kappa shape index (κ1) is 18.4. The average molecular weight is 371 g/mol. The van der Waals surface area contributed by atoms with Crippen LogP contribution in [0, 0.1) is 5.82 Å². The lowest BCUT2D eigenvalue weighted by molar-refractivity contribution is -0.140. The first-order valence-corrected chi connectivity index (χ1v) is 8.36. The van der Waals surface area contributed by atoms with Gasteiger partial charge in [0.1, 0.15) is 17.1 Å². The van der Waals surface area contributed by atoms with Crippen LogP contribution in [0.15, 0.2) is 54.6 Å². The van der Waals surface area contributed by atoms with E-state index >= 15 is 0 Å². The van der Waals surface area contributed by atoms with Gasteiger partial charge >= 0.3 is 6.03 Å². The minimum Gasteiger partial charge on any atom is -0.484 e. The van der Waals surface area contributed by atoms with Crippen molar-refractivity contribution >= 4 is 17.8 Å². The van der Waals surface area contributed by atoms with Crippen molar-refractivity contribution in [2.75, 3.05) is 6.61 Å². The Labute approximate surface area is 155 Å². The van der Waals surface area contributed by atoms with Crippen molar-refractivity contribution in [3.63, 3.8) is 0 Å². The Kier molecular flexibility index (Phi) is 5.07. The number of nitrogens with zero attached hydrogens (tertiary/aromatic N) is 1. The minimum atomic E-state index is -1.23. The Balaban J connectivity index is 1.68. The number of benzene rings is 2. The van der Waals surface area contributed by atoms with E-state index in [2.05, 4.69) is 10.7 Å². The van der Waals surface area contributed by atoms with E-state index in [0.717, 1.165) is 0 Å². The second-order valence-electron chi connectivity index (χ2n) is 5.97. The lowest BCUT2D eigenvalue weighted by Gasteiger charge is -2.25. The average Bonchev–Trinajstić information content (AvgIpc) is 2.93. The summed E-state index contributed by atoms with van der Waals surface area (Å²) in [5, 5.41) is 3.32. The third kappa shape index (κ3) is 3.59. The van der Waals surface area contributed by atoms with Gasteiger partial charge in [-0.25, -0.2) is 9.18 Å². The summed E-state index contributed by atoms with van der Waals surface area (Å²) in [4.78, 5) is 37.2. The SMILES string of the molecule is CC[C@]1(c2ccccc2)NC(=O)N(NC(=O)COc2ccc(F)cc2)C1=O. The number of hydrazine groups is 1. The fourth-order valence-electron chi connectivity index (χ4n) is 2.88. The summed E-state index contributed by atoms with van der Waals surface area (Å²) in [6.45, 7) is 1.33. The van der Waals surface area contributed by atoms with Gasteiger partial charge < -0.3 is 10.1 Å². The molecule has 0 aliphatic carbocycles. The molecule has 8 heteroatoms. The van der Waals surface area contributed by atoms with Crippen molar-refractivity contribution in [2.45, 2.75) is 18.9 Å². The zero-order valence-electron chi connectivity index (χ0n) is 14.6. The van der Waals surface area contributed by atoms with E-state index in [-0.39, 0.29) is 5.75 Å². The van der Waals surface area contributed by atoms with Crippen molar-refractivity contribution in [3.8, 4) is 5.75 Å². The molecule has 2 aromatic rings. The van der Waals surface area contributed by atoms with Crippen molar-refractivity contribution in [3.05, 3.63) is 66.0 Å². The molecule has 0 saturated carbocycles. The van der Waals surface area contributed by atoms with Gasteiger partial charge in [0.25, 0.3) is 11.8 Å². The molecule has 4 amide bonds. The van der Waals surface area contributed by atoms with Gasteiger partial charge in [0.05, 0.1) is 0 Å². The molecule has 7 nitrogen and oxygen atoms in total. The first-order chi connectivity index (χ1) is 13.0. The van der Waals surface area contributed by atoms with Gasteiger partial charge in [0.15, 0.2) is 6.61 Å². The minimum absolute atomic E-state index is 0.288. The molecule has 0 spiro atoms.